The molecule has 6 nitrogen and oxygen atoms in total. The summed E-state index contributed by atoms with van der Waals surface area (Å²) < 4.78 is 0. The van der Waals surface area contributed by atoms with E-state index in [1.165, 1.54) is 36.6 Å². The lowest BCUT2D eigenvalue weighted by Crippen LogP contribution is -2.37. The van der Waals surface area contributed by atoms with E-state index in [0.717, 1.165) is 63.4 Å². The average molecular weight is 564 g/mol. The number of halogens is 1. The maximum Gasteiger partial charge on any atom is 0.251 e. The molecule has 0 unspecified atom stereocenters. The van der Waals surface area contributed by atoms with Crippen molar-refractivity contribution in [3.63, 3.8) is 0 Å². The van der Waals surface area contributed by atoms with Gasteiger partial charge in [0, 0.05) is 43.6 Å². The molecule has 0 radical (unpaired) electrons. The van der Waals surface area contributed by atoms with E-state index in [-0.39, 0.29) is 5.91 Å². The van der Waals surface area contributed by atoms with Crippen LogP contribution in [0.1, 0.15) is 53.6 Å². The minimum absolute atomic E-state index is 0.0192. The third-order valence-electron chi connectivity index (χ3n) is 7.75. The molecule has 3 heterocycles. The van der Waals surface area contributed by atoms with Crippen LogP contribution in [0.25, 0.3) is 0 Å². The second kappa shape index (κ2) is 14.1. The molecule has 0 spiro atoms. The highest BCUT2D eigenvalue weighted by atomic mass is 35.5. The average Bonchev–Trinajstić information content (AvgIpc) is 2.97. The van der Waals surface area contributed by atoms with Gasteiger partial charge in [-0.1, -0.05) is 78.3 Å². The highest BCUT2D eigenvalue weighted by molar-refractivity contribution is 7.98. The van der Waals surface area contributed by atoms with Crippen LogP contribution in [0.15, 0.2) is 65.8 Å². The fourth-order valence-corrected chi connectivity index (χ4v) is 6.63. The SMILES string of the molecule is O=C(NCCN1CCCCC1)c1ccccc1CSc1nc(Cl)cc(N2CCC(Cc3ccccc3)CC2)n1. The number of rotatable bonds is 10. The molecule has 5 rings (SSSR count). The predicted octanol–water partition coefficient (Wildman–Crippen LogP) is 6.10. The van der Waals surface area contributed by atoms with Gasteiger partial charge in [0.05, 0.1) is 0 Å². The van der Waals surface area contributed by atoms with Crippen molar-refractivity contribution in [2.24, 2.45) is 5.92 Å². The van der Waals surface area contributed by atoms with Gasteiger partial charge in [0.25, 0.3) is 5.91 Å². The Kier molecular flexibility index (Phi) is 10.1. The van der Waals surface area contributed by atoms with E-state index in [1.807, 2.05) is 30.3 Å². The number of piperidine rings is 2. The molecule has 0 atom stereocenters. The molecular formula is C31H38ClN5OS. The van der Waals surface area contributed by atoms with Crippen LogP contribution in [0.2, 0.25) is 5.15 Å². The monoisotopic (exact) mass is 563 g/mol. The molecular weight excluding hydrogens is 526 g/mol. The van der Waals surface area contributed by atoms with Gasteiger partial charge in [0.15, 0.2) is 5.16 Å². The molecule has 0 saturated carbocycles. The van der Waals surface area contributed by atoms with Gasteiger partial charge in [0.1, 0.15) is 11.0 Å². The number of likely N-dealkylation sites (tertiary alicyclic amines) is 1. The molecule has 1 amide bonds. The number of thioether (sulfide) groups is 1. The van der Waals surface area contributed by atoms with Crippen molar-refractivity contribution < 1.29 is 4.79 Å². The molecule has 2 saturated heterocycles. The first kappa shape index (κ1) is 27.9. The van der Waals surface area contributed by atoms with Gasteiger partial charge >= 0.3 is 0 Å². The van der Waals surface area contributed by atoms with Crippen molar-refractivity contribution in [3.05, 3.63) is 82.5 Å². The highest BCUT2D eigenvalue weighted by Crippen LogP contribution is 2.29. The number of benzene rings is 2. The maximum atomic E-state index is 13.0. The number of carbonyl (C=O) groups is 1. The summed E-state index contributed by atoms with van der Waals surface area (Å²) in [6.45, 7) is 5.78. The third kappa shape index (κ3) is 8.19. The lowest BCUT2D eigenvalue weighted by Gasteiger charge is -2.33. The fourth-order valence-electron chi connectivity index (χ4n) is 5.54. The number of amides is 1. The van der Waals surface area contributed by atoms with Gasteiger partial charge in [-0.3, -0.25) is 4.79 Å². The first-order valence-electron chi connectivity index (χ1n) is 14.2. The van der Waals surface area contributed by atoms with Gasteiger partial charge < -0.3 is 15.1 Å². The smallest absolute Gasteiger partial charge is 0.251 e. The Labute approximate surface area is 241 Å². The van der Waals surface area contributed by atoms with Crippen LogP contribution in [-0.4, -0.2) is 60.0 Å². The summed E-state index contributed by atoms with van der Waals surface area (Å²) in [5, 5.41) is 4.21. The number of carbonyl (C=O) groups excluding carboxylic acids is 1. The molecule has 0 aliphatic carbocycles. The Morgan fingerprint density at radius 2 is 1.69 bits per heavy atom. The normalized spacial score (nSPS) is 16.8. The molecule has 8 heteroatoms. The summed E-state index contributed by atoms with van der Waals surface area (Å²) in [5.41, 5.74) is 3.10. The zero-order valence-electron chi connectivity index (χ0n) is 22.5. The molecule has 2 aliphatic heterocycles. The molecule has 2 fully saturated rings. The number of hydrogen-bond acceptors (Lipinski definition) is 6. The number of nitrogens with zero attached hydrogens (tertiary/aromatic N) is 4. The van der Waals surface area contributed by atoms with E-state index in [4.69, 9.17) is 16.6 Å². The Bertz CT molecular complexity index is 1210. The van der Waals surface area contributed by atoms with Crippen molar-refractivity contribution in [1.82, 2.24) is 20.2 Å². The number of aromatic nitrogens is 2. The summed E-state index contributed by atoms with van der Waals surface area (Å²) in [7, 11) is 0. The Morgan fingerprint density at radius 1 is 0.949 bits per heavy atom. The zero-order chi connectivity index (χ0) is 26.9. The summed E-state index contributed by atoms with van der Waals surface area (Å²) >= 11 is 7.96. The topological polar surface area (TPSA) is 61.4 Å². The number of hydrogen-bond donors (Lipinski definition) is 1. The molecule has 1 aromatic heterocycles. The first-order valence-corrected chi connectivity index (χ1v) is 15.5. The van der Waals surface area contributed by atoms with Gasteiger partial charge in [-0.05, 0) is 68.3 Å². The molecule has 3 aromatic rings. The molecule has 206 valence electrons. The van der Waals surface area contributed by atoms with Crippen molar-refractivity contribution in [2.75, 3.05) is 44.2 Å². The van der Waals surface area contributed by atoms with Crippen LogP contribution >= 0.6 is 23.4 Å². The van der Waals surface area contributed by atoms with Gasteiger partial charge in [-0.25, -0.2) is 9.97 Å². The highest BCUT2D eigenvalue weighted by Gasteiger charge is 2.22. The van der Waals surface area contributed by atoms with Crippen molar-refractivity contribution in [2.45, 2.75) is 49.4 Å². The summed E-state index contributed by atoms with van der Waals surface area (Å²) in [6, 6.07) is 20.4. The zero-order valence-corrected chi connectivity index (χ0v) is 24.1. The quantitative estimate of drug-likeness (QED) is 0.183. The van der Waals surface area contributed by atoms with Crippen LogP contribution in [-0.2, 0) is 12.2 Å². The fraction of sp³-hybridized carbons (Fsp3) is 0.452. The van der Waals surface area contributed by atoms with E-state index in [1.54, 1.807) is 0 Å². The number of anilines is 1. The van der Waals surface area contributed by atoms with Gasteiger partial charge in [-0.15, -0.1) is 0 Å². The van der Waals surface area contributed by atoms with E-state index >= 15 is 0 Å². The van der Waals surface area contributed by atoms with E-state index < -0.39 is 0 Å². The second-order valence-corrected chi connectivity index (χ2v) is 11.9. The van der Waals surface area contributed by atoms with Crippen LogP contribution in [0.5, 0.6) is 0 Å². The Balaban J connectivity index is 1.15. The lowest BCUT2D eigenvalue weighted by atomic mass is 9.90. The molecule has 1 N–H and O–H groups in total. The second-order valence-electron chi connectivity index (χ2n) is 10.6. The van der Waals surface area contributed by atoms with Crippen molar-refractivity contribution in [3.8, 4) is 0 Å². The largest absolute Gasteiger partial charge is 0.356 e. The third-order valence-corrected chi connectivity index (χ3v) is 8.84. The van der Waals surface area contributed by atoms with Crippen molar-refractivity contribution in [1.29, 1.82) is 0 Å². The summed E-state index contributed by atoms with van der Waals surface area (Å²) in [4.78, 5) is 27.1. The Hall–Kier alpha value is -2.61. The molecule has 2 aliphatic rings. The van der Waals surface area contributed by atoms with Gasteiger partial charge in [-0.2, -0.15) is 0 Å². The first-order chi connectivity index (χ1) is 19.1. The molecule has 39 heavy (non-hydrogen) atoms. The lowest BCUT2D eigenvalue weighted by molar-refractivity contribution is 0.0946. The van der Waals surface area contributed by atoms with Crippen molar-refractivity contribution >= 4 is 35.1 Å². The standard InChI is InChI=1S/C31H38ClN5OS/c32-28-22-29(37-18-13-25(14-19-37)21-24-9-3-1-4-10-24)35-31(34-28)39-23-26-11-5-6-12-27(26)30(38)33-15-20-36-16-7-2-8-17-36/h1,3-6,9-12,22,25H,2,7-8,13-21,23H2,(H,33,38). The minimum atomic E-state index is -0.0192. The summed E-state index contributed by atoms with van der Waals surface area (Å²) in [5.74, 6) is 2.17. The van der Waals surface area contributed by atoms with Gasteiger partial charge in [0.2, 0.25) is 0 Å². The summed E-state index contributed by atoms with van der Waals surface area (Å²) in [6.07, 6.45) is 7.24. The molecule has 2 aromatic carbocycles. The minimum Gasteiger partial charge on any atom is -0.356 e. The van der Waals surface area contributed by atoms with E-state index in [0.29, 0.717) is 34.1 Å². The Morgan fingerprint density at radius 3 is 2.49 bits per heavy atom. The van der Waals surface area contributed by atoms with E-state index in [9.17, 15) is 4.79 Å². The van der Waals surface area contributed by atoms with Crippen LogP contribution < -0.4 is 10.2 Å². The van der Waals surface area contributed by atoms with Crippen LogP contribution in [0.4, 0.5) is 5.82 Å². The van der Waals surface area contributed by atoms with Crippen LogP contribution in [0.3, 0.4) is 0 Å². The number of nitrogens with one attached hydrogen (secondary N) is 1. The maximum absolute atomic E-state index is 13.0. The van der Waals surface area contributed by atoms with Crippen LogP contribution in [0, 0.1) is 5.92 Å². The predicted molar refractivity (Wildman–Crippen MR) is 161 cm³/mol. The molecule has 0 bridgehead atoms. The van der Waals surface area contributed by atoms with E-state index in [2.05, 4.69) is 50.4 Å².